The molecule has 0 aromatic heterocycles. The zero-order valence-corrected chi connectivity index (χ0v) is 12.9. The molecule has 0 atom stereocenters. The summed E-state index contributed by atoms with van der Waals surface area (Å²) in [5.41, 5.74) is 1.72. The number of ether oxygens (including phenoxy) is 1. The van der Waals surface area contributed by atoms with Crippen LogP contribution in [-0.4, -0.2) is 10.9 Å². The number of nitrogens with zero attached hydrogens (tertiary/aromatic N) is 2. The Hall–Kier alpha value is -3.46. The van der Waals surface area contributed by atoms with Crippen LogP contribution in [0.5, 0.6) is 0 Å². The summed E-state index contributed by atoms with van der Waals surface area (Å²) >= 11 is 0. The number of rotatable bonds is 5. The van der Waals surface area contributed by atoms with E-state index in [-0.39, 0.29) is 23.4 Å². The Kier molecular flexibility index (Phi) is 5.42. The monoisotopic (exact) mass is 322 g/mol. The first kappa shape index (κ1) is 16.9. The third-order valence-corrected chi connectivity index (χ3v) is 3.28. The van der Waals surface area contributed by atoms with Crippen LogP contribution in [0.15, 0.2) is 54.1 Å². The van der Waals surface area contributed by atoms with Gasteiger partial charge in [-0.25, -0.2) is 4.79 Å². The van der Waals surface area contributed by atoms with Crippen molar-refractivity contribution in [3.63, 3.8) is 0 Å². The van der Waals surface area contributed by atoms with Crippen molar-refractivity contribution in [1.82, 2.24) is 0 Å². The number of esters is 1. The topological polar surface area (TPSA) is 93.2 Å². The summed E-state index contributed by atoms with van der Waals surface area (Å²) in [5.74, 6) is -0.823. The third kappa shape index (κ3) is 4.27. The van der Waals surface area contributed by atoms with E-state index in [9.17, 15) is 14.9 Å². The molecule has 0 aliphatic rings. The number of para-hydroxylation sites is 1. The highest BCUT2D eigenvalue weighted by molar-refractivity contribution is 5.97. The van der Waals surface area contributed by atoms with Crippen molar-refractivity contribution in [2.75, 3.05) is 0 Å². The van der Waals surface area contributed by atoms with Crippen LogP contribution in [0, 0.1) is 28.4 Å². The minimum absolute atomic E-state index is 0.133. The minimum atomic E-state index is -0.823. The van der Waals surface area contributed by atoms with Crippen molar-refractivity contribution >= 4 is 17.7 Å². The van der Waals surface area contributed by atoms with Gasteiger partial charge in [0, 0.05) is 6.07 Å². The molecule has 6 heteroatoms. The number of nitro benzene ring substituents is 1. The molecule has 0 radical (unpaired) electrons. The molecule has 2 aromatic carbocycles. The van der Waals surface area contributed by atoms with E-state index in [1.54, 1.807) is 24.3 Å². The average Bonchev–Trinajstić information content (AvgIpc) is 2.59. The molecule has 0 amide bonds. The van der Waals surface area contributed by atoms with Gasteiger partial charge in [0.2, 0.25) is 0 Å². The zero-order valence-electron chi connectivity index (χ0n) is 12.9. The Labute approximate surface area is 138 Å². The maximum absolute atomic E-state index is 12.0. The van der Waals surface area contributed by atoms with Gasteiger partial charge in [-0.05, 0) is 24.6 Å². The summed E-state index contributed by atoms with van der Waals surface area (Å²) in [5, 5.41) is 20.1. The van der Waals surface area contributed by atoms with Gasteiger partial charge in [0.1, 0.15) is 18.2 Å². The Balaban J connectivity index is 2.12. The molecule has 0 heterocycles. The molecule has 2 aromatic rings. The van der Waals surface area contributed by atoms with Gasteiger partial charge in [-0.3, -0.25) is 10.1 Å². The smallest absolute Gasteiger partial charge is 0.349 e. The molecule has 0 N–H and O–H groups in total. The van der Waals surface area contributed by atoms with E-state index in [1.807, 2.05) is 19.1 Å². The Morgan fingerprint density at radius 2 is 1.92 bits per heavy atom. The molecule has 120 valence electrons. The molecular formula is C18H14N2O4. The van der Waals surface area contributed by atoms with Crippen LogP contribution in [0.2, 0.25) is 0 Å². The van der Waals surface area contributed by atoms with Crippen LogP contribution < -0.4 is 0 Å². The average molecular weight is 322 g/mol. The van der Waals surface area contributed by atoms with Crippen molar-refractivity contribution in [1.29, 1.82) is 5.26 Å². The van der Waals surface area contributed by atoms with Crippen molar-refractivity contribution < 1.29 is 14.5 Å². The maximum atomic E-state index is 12.0. The van der Waals surface area contributed by atoms with Crippen LogP contribution in [0.25, 0.3) is 6.08 Å². The molecule has 6 nitrogen and oxygen atoms in total. The van der Waals surface area contributed by atoms with Crippen LogP contribution in [0.3, 0.4) is 0 Å². The highest BCUT2D eigenvalue weighted by atomic mass is 16.6. The Morgan fingerprint density at radius 3 is 2.54 bits per heavy atom. The lowest BCUT2D eigenvalue weighted by Gasteiger charge is -2.05. The summed E-state index contributed by atoms with van der Waals surface area (Å²) in [6, 6.07) is 15.0. The van der Waals surface area contributed by atoms with Gasteiger partial charge < -0.3 is 4.74 Å². The molecule has 0 fully saturated rings. The second-order valence-corrected chi connectivity index (χ2v) is 5.04. The van der Waals surface area contributed by atoms with Crippen molar-refractivity contribution in [3.05, 3.63) is 80.9 Å². The normalized spacial score (nSPS) is 10.8. The van der Waals surface area contributed by atoms with E-state index in [4.69, 9.17) is 10.00 Å². The maximum Gasteiger partial charge on any atom is 0.349 e. The molecule has 0 bridgehead atoms. The minimum Gasteiger partial charge on any atom is -0.456 e. The summed E-state index contributed by atoms with van der Waals surface area (Å²) in [6.07, 6.45) is 1.42. The summed E-state index contributed by atoms with van der Waals surface area (Å²) in [6.45, 7) is 1.66. The number of hydrogen-bond donors (Lipinski definition) is 0. The van der Waals surface area contributed by atoms with Crippen LogP contribution in [-0.2, 0) is 16.1 Å². The molecule has 0 aliphatic heterocycles. The largest absolute Gasteiger partial charge is 0.456 e. The van der Waals surface area contributed by atoms with Crippen molar-refractivity contribution in [3.8, 4) is 6.07 Å². The van der Waals surface area contributed by atoms with Crippen molar-refractivity contribution in [2.45, 2.75) is 13.5 Å². The van der Waals surface area contributed by atoms with Gasteiger partial charge >= 0.3 is 5.97 Å². The molecule has 0 spiro atoms. The Morgan fingerprint density at radius 1 is 1.25 bits per heavy atom. The van der Waals surface area contributed by atoms with Crippen LogP contribution >= 0.6 is 0 Å². The first-order chi connectivity index (χ1) is 11.5. The van der Waals surface area contributed by atoms with E-state index < -0.39 is 10.9 Å². The van der Waals surface area contributed by atoms with Crippen LogP contribution in [0.1, 0.15) is 16.7 Å². The highest BCUT2D eigenvalue weighted by Crippen LogP contribution is 2.19. The number of nitro groups is 1. The molecule has 0 aliphatic carbocycles. The fourth-order valence-electron chi connectivity index (χ4n) is 2.00. The van der Waals surface area contributed by atoms with E-state index in [0.29, 0.717) is 5.56 Å². The SMILES string of the molecule is Cc1ccc(/C=C(\C#N)C(=O)OCc2ccccc2[N+](=O)[O-])cc1. The standard InChI is InChI=1S/C18H14N2O4/c1-13-6-8-14(9-7-13)10-16(11-19)18(21)24-12-15-4-2-3-5-17(15)20(22)23/h2-10H,12H2,1H3/b16-10+. The predicted molar refractivity (Wildman–Crippen MR) is 87.7 cm³/mol. The molecule has 0 unspecified atom stereocenters. The van der Waals surface area contributed by atoms with Gasteiger partial charge in [0.15, 0.2) is 0 Å². The van der Waals surface area contributed by atoms with Gasteiger partial charge in [-0.2, -0.15) is 5.26 Å². The zero-order chi connectivity index (χ0) is 17.5. The lowest BCUT2D eigenvalue weighted by Crippen LogP contribution is -2.08. The third-order valence-electron chi connectivity index (χ3n) is 3.28. The lowest BCUT2D eigenvalue weighted by atomic mass is 10.1. The Bertz CT molecular complexity index is 833. The summed E-state index contributed by atoms with van der Waals surface area (Å²) < 4.78 is 5.03. The quantitative estimate of drug-likeness (QED) is 0.276. The number of carbonyl (C=O) groups is 1. The van der Waals surface area contributed by atoms with Gasteiger partial charge in [-0.15, -0.1) is 0 Å². The molecule has 2 rings (SSSR count). The van der Waals surface area contributed by atoms with E-state index >= 15 is 0 Å². The number of carbonyl (C=O) groups excluding carboxylic acids is 1. The van der Waals surface area contributed by atoms with E-state index in [0.717, 1.165) is 5.56 Å². The lowest BCUT2D eigenvalue weighted by molar-refractivity contribution is -0.385. The van der Waals surface area contributed by atoms with Gasteiger partial charge in [0.25, 0.3) is 5.69 Å². The number of benzene rings is 2. The number of nitriles is 1. The van der Waals surface area contributed by atoms with E-state index in [1.165, 1.54) is 24.3 Å². The second kappa shape index (κ2) is 7.70. The molecule has 0 saturated heterocycles. The van der Waals surface area contributed by atoms with Crippen molar-refractivity contribution in [2.24, 2.45) is 0 Å². The first-order valence-electron chi connectivity index (χ1n) is 7.09. The number of aryl methyl sites for hydroxylation is 1. The summed E-state index contributed by atoms with van der Waals surface area (Å²) in [4.78, 5) is 22.4. The van der Waals surface area contributed by atoms with Crippen LogP contribution in [0.4, 0.5) is 5.69 Å². The molecule has 24 heavy (non-hydrogen) atoms. The first-order valence-corrected chi connectivity index (χ1v) is 7.09. The summed E-state index contributed by atoms with van der Waals surface area (Å²) in [7, 11) is 0. The van der Waals surface area contributed by atoms with Gasteiger partial charge in [0.05, 0.1) is 10.5 Å². The molecular weight excluding hydrogens is 308 g/mol. The fourth-order valence-corrected chi connectivity index (χ4v) is 2.00. The molecule has 0 saturated carbocycles. The van der Waals surface area contributed by atoms with E-state index in [2.05, 4.69) is 0 Å². The fraction of sp³-hybridized carbons (Fsp3) is 0.111. The number of hydrogen-bond acceptors (Lipinski definition) is 5. The second-order valence-electron chi connectivity index (χ2n) is 5.04. The predicted octanol–water partition coefficient (Wildman–Crippen LogP) is 3.55. The van der Waals surface area contributed by atoms with Gasteiger partial charge in [-0.1, -0.05) is 42.0 Å². The highest BCUT2D eigenvalue weighted by Gasteiger charge is 2.16.